The summed E-state index contributed by atoms with van der Waals surface area (Å²) in [5.74, 6) is 2.51. The molecule has 0 aliphatic rings. The maximum atomic E-state index is 5.79. The van der Waals surface area contributed by atoms with Crippen molar-refractivity contribution in [3.05, 3.63) is 82.8 Å². The monoisotopic (exact) mass is 383 g/mol. The van der Waals surface area contributed by atoms with E-state index < -0.39 is 0 Å². The van der Waals surface area contributed by atoms with E-state index in [4.69, 9.17) is 9.47 Å². The van der Waals surface area contributed by atoms with Crippen molar-refractivity contribution >= 4 is 21.6 Å². The largest absolute Gasteiger partial charge is 0.496 e. The normalized spacial score (nSPS) is 10.2. The molecule has 24 heavy (non-hydrogen) atoms. The zero-order valence-corrected chi connectivity index (χ0v) is 14.9. The Balaban J connectivity index is 1.63. The van der Waals surface area contributed by atoms with Crippen LogP contribution in [0.2, 0.25) is 0 Å². The number of nitrogens with one attached hydrogen (secondary N) is 1. The maximum Gasteiger partial charge on any atom is 0.127 e. The number of para-hydroxylation sites is 1. The van der Waals surface area contributed by atoms with E-state index in [-0.39, 0.29) is 0 Å². The van der Waals surface area contributed by atoms with E-state index >= 15 is 0 Å². The van der Waals surface area contributed by atoms with Gasteiger partial charge in [-0.3, -0.25) is 0 Å². The van der Waals surface area contributed by atoms with Crippen LogP contribution in [0.25, 0.3) is 0 Å². The second-order valence-electron chi connectivity index (χ2n) is 5.25. The lowest BCUT2D eigenvalue weighted by molar-refractivity contribution is 0.410. The molecule has 0 atom stereocenters. The van der Waals surface area contributed by atoms with Crippen LogP contribution in [0.3, 0.4) is 0 Å². The fraction of sp³-hybridized carbons (Fsp3) is 0.100. The van der Waals surface area contributed by atoms with Gasteiger partial charge in [0.25, 0.3) is 0 Å². The SMILES string of the molecule is COc1ccc(Br)cc1CNc1ccc(Oc2ccccc2)cc1. The van der Waals surface area contributed by atoms with Gasteiger partial charge in [-0.25, -0.2) is 0 Å². The lowest BCUT2D eigenvalue weighted by atomic mass is 10.2. The lowest BCUT2D eigenvalue weighted by Gasteiger charge is -2.12. The number of hydrogen-bond donors (Lipinski definition) is 1. The molecule has 0 fully saturated rings. The molecule has 0 saturated heterocycles. The molecule has 4 heteroatoms. The van der Waals surface area contributed by atoms with E-state index in [1.807, 2.05) is 66.7 Å². The van der Waals surface area contributed by atoms with Gasteiger partial charge < -0.3 is 14.8 Å². The summed E-state index contributed by atoms with van der Waals surface area (Å²) in [6.45, 7) is 0.682. The molecule has 0 heterocycles. The first-order valence-corrected chi connectivity index (χ1v) is 8.43. The van der Waals surface area contributed by atoms with Gasteiger partial charge in [-0.2, -0.15) is 0 Å². The van der Waals surface area contributed by atoms with Crippen LogP contribution in [-0.2, 0) is 6.54 Å². The molecule has 0 spiro atoms. The molecule has 0 aromatic heterocycles. The van der Waals surface area contributed by atoms with Crippen molar-refractivity contribution in [3.8, 4) is 17.2 Å². The highest BCUT2D eigenvalue weighted by Gasteiger charge is 2.04. The molecular formula is C20H18BrNO2. The van der Waals surface area contributed by atoms with E-state index in [1.54, 1.807) is 7.11 Å². The van der Waals surface area contributed by atoms with Gasteiger partial charge in [0.05, 0.1) is 7.11 Å². The van der Waals surface area contributed by atoms with Crippen LogP contribution >= 0.6 is 15.9 Å². The standard InChI is InChI=1S/C20H18BrNO2/c1-23-20-12-7-16(21)13-15(20)14-22-17-8-10-19(11-9-17)24-18-5-3-2-4-6-18/h2-13,22H,14H2,1H3. The van der Waals surface area contributed by atoms with E-state index in [0.29, 0.717) is 6.54 Å². The Labute approximate surface area is 150 Å². The number of rotatable bonds is 6. The minimum absolute atomic E-state index is 0.682. The predicted octanol–water partition coefficient (Wildman–Crippen LogP) is 5.86. The fourth-order valence-corrected chi connectivity index (χ4v) is 2.76. The van der Waals surface area contributed by atoms with Crippen LogP contribution in [0.15, 0.2) is 77.3 Å². The highest BCUT2D eigenvalue weighted by atomic mass is 79.9. The third kappa shape index (κ3) is 4.30. The summed E-state index contributed by atoms with van der Waals surface area (Å²) in [5.41, 5.74) is 2.12. The second-order valence-corrected chi connectivity index (χ2v) is 6.16. The Morgan fingerprint density at radius 2 is 1.58 bits per heavy atom. The van der Waals surface area contributed by atoms with Crippen molar-refractivity contribution in [3.63, 3.8) is 0 Å². The molecule has 0 aliphatic heterocycles. The number of benzene rings is 3. The van der Waals surface area contributed by atoms with Crippen molar-refractivity contribution in [2.45, 2.75) is 6.54 Å². The zero-order valence-electron chi connectivity index (χ0n) is 13.3. The van der Waals surface area contributed by atoms with Crippen molar-refractivity contribution in [2.75, 3.05) is 12.4 Å². The quantitative estimate of drug-likeness (QED) is 0.577. The third-order valence-electron chi connectivity index (χ3n) is 3.56. The van der Waals surface area contributed by atoms with Gasteiger partial charge in [0, 0.05) is 22.3 Å². The topological polar surface area (TPSA) is 30.5 Å². The molecule has 3 nitrogen and oxygen atoms in total. The number of hydrogen-bond acceptors (Lipinski definition) is 3. The van der Waals surface area contributed by atoms with Gasteiger partial charge in [-0.1, -0.05) is 34.1 Å². The van der Waals surface area contributed by atoms with Crippen LogP contribution in [0, 0.1) is 0 Å². The summed E-state index contributed by atoms with van der Waals surface area (Å²) in [6.07, 6.45) is 0. The molecule has 0 aliphatic carbocycles. The number of halogens is 1. The Hall–Kier alpha value is -2.46. The van der Waals surface area contributed by atoms with Gasteiger partial charge in [0.15, 0.2) is 0 Å². The van der Waals surface area contributed by atoms with Gasteiger partial charge in [-0.05, 0) is 54.6 Å². The van der Waals surface area contributed by atoms with Crippen LogP contribution in [0.5, 0.6) is 17.2 Å². The van der Waals surface area contributed by atoms with Crippen LogP contribution in [0.4, 0.5) is 5.69 Å². The Kier molecular flexibility index (Phi) is 5.39. The van der Waals surface area contributed by atoms with Crippen LogP contribution < -0.4 is 14.8 Å². The number of anilines is 1. The van der Waals surface area contributed by atoms with Crippen molar-refractivity contribution in [1.29, 1.82) is 0 Å². The molecule has 3 rings (SSSR count). The number of ether oxygens (including phenoxy) is 2. The molecule has 0 radical (unpaired) electrons. The molecule has 0 unspecified atom stereocenters. The smallest absolute Gasteiger partial charge is 0.127 e. The number of methoxy groups -OCH3 is 1. The molecular weight excluding hydrogens is 366 g/mol. The fourth-order valence-electron chi connectivity index (χ4n) is 2.35. The molecule has 122 valence electrons. The van der Waals surface area contributed by atoms with Gasteiger partial charge in [-0.15, -0.1) is 0 Å². The minimum atomic E-state index is 0.682. The lowest BCUT2D eigenvalue weighted by Crippen LogP contribution is -2.01. The summed E-state index contributed by atoms with van der Waals surface area (Å²) in [6, 6.07) is 23.6. The van der Waals surface area contributed by atoms with Crippen LogP contribution in [-0.4, -0.2) is 7.11 Å². The Morgan fingerprint density at radius 1 is 0.875 bits per heavy atom. The summed E-state index contributed by atoms with van der Waals surface area (Å²) < 4.78 is 12.2. The average molecular weight is 384 g/mol. The van der Waals surface area contributed by atoms with Crippen molar-refractivity contribution in [1.82, 2.24) is 0 Å². The van der Waals surface area contributed by atoms with E-state index in [9.17, 15) is 0 Å². The highest BCUT2D eigenvalue weighted by molar-refractivity contribution is 9.10. The van der Waals surface area contributed by atoms with Crippen molar-refractivity contribution < 1.29 is 9.47 Å². The summed E-state index contributed by atoms with van der Waals surface area (Å²) in [5, 5.41) is 3.40. The second kappa shape index (κ2) is 7.88. The van der Waals surface area contributed by atoms with E-state index in [0.717, 1.165) is 33.0 Å². The van der Waals surface area contributed by atoms with Crippen LogP contribution in [0.1, 0.15) is 5.56 Å². The van der Waals surface area contributed by atoms with E-state index in [1.165, 1.54) is 0 Å². The van der Waals surface area contributed by atoms with E-state index in [2.05, 4.69) is 27.3 Å². The summed E-state index contributed by atoms with van der Waals surface area (Å²) in [7, 11) is 1.68. The van der Waals surface area contributed by atoms with Gasteiger partial charge in [0.1, 0.15) is 17.2 Å². The van der Waals surface area contributed by atoms with Gasteiger partial charge >= 0.3 is 0 Å². The Bertz CT molecular complexity index is 788. The van der Waals surface area contributed by atoms with Crippen molar-refractivity contribution in [2.24, 2.45) is 0 Å². The zero-order chi connectivity index (χ0) is 16.8. The maximum absolute atomic E-state index is 5.79. The molecule has 3 aromatic rings. The predicted molar refractivity (Wildman–Crippen MR) is 101 cm³/mol. The minimum Gasteiger partial charge on any atom is -0.496 e. The molecule has 0 bridgehead atoms. The first kappa shape index (κ1) is 16.4. The summed E-state index contributed by atoms with van der Waals surface area (Å²) >= 11 is 3.49. The molecule has 0 saturated carbocycles. The third-order valence-corrected chi connectivity index (χ3v) is 4.05. The Morgan fingerprint density at radius 3 is 2.29 bits per heavy atom. The average Bonchev–Trinajstić information content (AvgIpc) is 2.62. The first-order chi connectivity index (χ1) is 11.7. The summed E-state index contributed by atoms with van der Waals surface area (Å²) in [4.78, 5) is 0. The molecule has 3 aromatic carbocycles. The first-order valence-electron chi connectivity index (χ1n) is 7.64. The molecule has 0 amide bonds. The highest BCUT2D eigenvalue weighted by Crippen LogP contribution is 2.25. The molecule has 1 N–H and O–H groups in total. The van der Waals surface area contributed by atoms with Gasteiger partial charge in [0.2, 0.25) is 0 Å².